The molecule has 0 radical (unpaired) electrons. The fourth-order valence-electron chi connectivity index (χ4n) is 0.669. The number of carbonyl (C=O) groups excluding carboxylic acids is 1. The number of rotatable bonds is 6. The SMILES string of the molecule is COCC(N)C(=O)NCC(O)CO. The van der Waals surface area contributed by atoms with Crippen molar-refractivity contribution in [2.24, 2.45) is 5.73 Å². The van der Waals surface area contributed by atoms with Gasteiger partial charge in [0.05, 0.1) is 19.3 Å². The number of hydrogen-bond donors (Lipinski definition) is 4. The van der Waals surface area contributed by atoms with Gasteiger partial charge in [-0.2, -0.15) is 0 Å². The van der Waals surface area contributed by atoms with Crippen molar-refractivity contribution >= 4 is 5.91 Å². The van der Waals surface area contributed by atoms with E-state index >= 15 is 0 Å². The van der Waals surface area contributed by atoms with Gasteiger partial charge in [0.2, 0.25) is 5.91 Å². The number of carbonyl (C=O) groups is 1. The van der Waals surface area contributed by atoms with E-state index in [0.717, 1.165) is 0 Å². The molecule has 78 valence electrons. The zero-order chi connectivity index (χ0) is 10.3. The smallest absolute Gasteiger partial charge is 0.239 e. The van der Waals surface area contributed by atoms with E-state index in [1.54, 1.807) is 0 Å². The minimum absolute atomic E-state index is 0.00719. The normalized spacial score (nSPS) is 15.1. The van der Waals surface area contributed by atoms with Gasteiger partial charge in [-0.25, -0.2) is 0 Å². The molecule has 0 saturated heterocycles. The molecule has 0 rings (SSSR count). The zero-order valence-electron chi connectivity index (χ0n) is 7.56. The molecule has 0 aromatic rings. The number of amides is 1. The van der Waals surface area contributed by atoms with Gasteiger partial charge in [0.1, 0.15) is 6.04 Å². The molecule has 0 spiro atoms. The first-order valence-corrected chi connectivity index (χ1v) is 3.93. The maximum Gasteiger partial charge on any atom is 0.239 e. The standard InChI is InChI=1S/C7H16N2O4/c1-13-4-6(8)7(12)9-2-5(11)3-10/h5-6,10-11H,2-4,8H2,1H3,(H,9,12). The molecule has 5 N–H and O–H groups in total. The molecule has 13 heavy (non-hydrogen) atoms. The van der Waals surface area contributed by atoms with Gasteiger partial charge in [0, 0.05) is 13.7 Å². The van der Waals surface area contributed by atoms with Gasteiger partial charge < -0.3 is 26.0 Å². The van der Waals surface area contributed by atoms with Crippen LogP contribution in [0.1, 0.15) is 0 Å². The molecule has 6 nitrogen and oxygen atoms in total. The lowest BCUT2D eigenvalue weighted by molar-refractivity contribution is -0.124. The van der Waals surface area contributed by atoms with E-state index in [0.29, 0.717) is 0 Å². The Balaban J connectivity index is 3.61. The lowest BCUT2D eigenvalue weighted by atomic mass is 10.3. The van der Waals surface area contributed by atoms with Gasteiger partial charge in [-0.1, -0.05) is 0 Å². The molecule has 0 aromatic heterocycles. The highest BCUT2D eigenvalue weighted by atomic mass is 16.5. The van der Waals surface area contributed by atoms with Crippen LogP contribution in [0.15, 0.2) is 0 Å². The van der Waals surface area contributed by atoms with E-state index in [1.807, 2.05) is 0 Å². The molecule has 0 aliphatic carbocycles. The predicted octanol–water partition coefficient (Wildman–Crippen LogP) is -2.57. The number of nitrogens with one attached hydrogen (secondary N) is 1. The summed E-state index contributed by atoms with van der Waals surface area (Å²) < 4.78 is 4.66. The summed E-state index contributed by atoms with van der Waals surface area (Å²) in [4.78, 5) is 11.0. The fourth-order valence-corrected chi connectivity index (χ4v) is 0.669. The van der Waals surface area contributed by atoms with Crippen molar-refractivity contribution in [1.82, 2.24) is 5.32 Å². The van der Waals surface area contributed by atoms with Crippen LogP contribution in [0.2, 0.25) is 0 Å². The molecule has 0 saturated carbocycles. The largest absolute Gasteiger partial charge is 0.394 e. The van der Waals surface area contributed by atoms with Crippen molar-refractivity contribution in [3.8, 4) is 0 Å². The Morgan fingerprint density at radius 3 is 2.77 bits per heavy atom. The van der Waals surface area contributed by atoms with Crippen molar-refractivity contribution in [2.75, 3.05) is 26.9 Å². The van der Waals surface area contributed by atoms with Crippen molar-refractivity contribution in [3.63, 3.8) is 0 Å². The van der Waals surface area contributed by atoms with Crippen LogP contribution in [-0.2, 0) is 9.53 Å². The predicted molar refractivity (Wildman–Crippen MR) is 46.0 cm³/mol. The quantitative estimate of drug-likeness (QED) is 0.370. The zero-order valence-corrected chi connectivity index (χ0v) is 7.56. The lowest BCUT2D eigenvalue weighted by Gasteiger charge is -2.12. The van der Waals surface area contributed by atoms with Crippen LogP contribution in [0.3, 0.4) is 0 Å². The molecule has 2 atom stereocenters. The summed E-state index contributed by atoms with van der Waals surface area (Å²) in [6.07, 6.45) is -0.946. The molecular formula is C7H16N2O4. The molecule has 2 unspecified atom stereocenters. The molecule has 0 aromatic carbocycles. The van der Waals surface area contributed by atoms with Crippen LogP contribution in [-0.4, -0.2) is 55.1 Å². The summed E-state index contributed by atoms with van der Waals surface area (Å²) in [5, 5.41) is 19.7. The Hall–Kier alpha value is -0.690. The maximum atomic E-state index is 11.0. The summed E-state index contributed by atoms with van der Waals surface area (Å²) in [5.41, 5.74) is 5.37. The molecular weight excluding hydrogens is 176 g/mol. The molecule has 0 heterocycles. The van der Waals surface area contributed by atoms with E-state index in [2.05, 4.69) is 10.1 Å². The van der Waals surface area contributed by atoms with E-state index in [-0.39, 0.29) is 19.8 Å². The molecule has 0 bridgehead atoms. The van der Waals surface area contributed by atoms with E-state index in [4.69, 9.17) is 15.9 Å². The minimum Gasteiger partial charge on any atom is -0.394 e. The first-order valence-electron chi connectivity index (χ1n) is 3.93. The fraction of sp³-hybridized carbons (Fsp3) is 0.857. The van der Waals surface area contributed by atoms with Crippen molar-refractivity contribution < 1.29 is 19.7 Å². The number of ether oxygens (including phenoxy) is 1. The second-order valence-electron chi connectivity index (χ2n) is 2.64. The van der Waals surface area contributed by atoms with Gasteiger partial charge in [0.25, 0.3) is 0 Å². The summed E-state index contributed by atoms with van der Waals surface area (Å²) in [7, 11) is 1.44. The Bertz CT molecular complexity index is 153. The molecule has 0 aliphatic heterocycles. The van der Waals surface area contributed by atoms with Gasteiger partial charge in [-0.15, -0.1) is 0 Å². The van der Waals surface area contributed by atoms with Gasteiger partial charge in [-0.05, 0) is 0 Å². The van der Waals surface area contributed by atoms with Crippen LogP contribution in [0.5, 0.6) is 0 Å². The lowest BCUT2D eigenvalue weighted by Crippen LogP contribution is -2.46. The second-order valence-corrected chi connectivity index (χ2v) is 2.64. The Morgan fingerprint density at radius 2 is 2.31 bits per heavy atom. The van der Waals surface area contributed by atoms with E-state index in [9.17, 15) is 4.79 Å². The summed E-state index contributed by atoms with van der Waals surface area (Å²) >= 11 is 0. The van der Waals surface area contributed by atoms with E-state index < -0.39 is 18.1 Å². The van der Waals surface area contributed by atoms with Crippen molar-refractivity contribution in [3.05, 3.63) is 0 Å². The number of hydrogen-bond acceptors (Lipinski definition) is 5. The topological polar surface area (TPSA) is 105 Å². The maximum absolute atomic E-state index is 11.0. The third kappa shape index (κ3) is 5.53. The van der Waals surface area contributed by atoms with Crippen molar-refractivity contribution in [2.45, 2.75) is 12.1 Å². The monoisotopic (exact) mass is 192 g/mol. The Morgan fingerprint density at radius 1 is 1.69 bits per heavy atom. The minimum atomic E-state index is -0.946. The van der Waals surface area contributed by atoms with Crippen LogP contribution in [0, 0.1) is 0 Å². The highest BCUT2D eigenvalue weighted by molar-refractivity contribution is 5.81. The summed E-state index contributed by atoms with van der Waals surface area (Å²) in [6, 6.07) is -0.740. The first-order chi connectivity index (χ1) is 6.11. The van der Waals surface area contributed by atoms with Crippen molar-refractivity contribution in [1.29, 1.82) is 0 Å². The Labute approximate surface area is 76.7 Å². The second kappa shape index (κ2) is 6.79. The first kappa shape index (κ1) is 12.3. The highest BCUT2D eigenvalue weighted by Gasteiger charge is 2.13. The van der Waals surface area contributed by atoms with Crippen LogP contribution >= 0.6 is 0 Å². The van der Waals surface area contributed by atoms with Crippen LogP contribution in [0.25, 0.3) is 0 Å². The Kier molecular flexibility index (Phi) is 6.43. The summed E-state index contributed by atoms with van der Waals surface area (Å²) in [5.74, 6) is -0.408. The number of aliphatic hydroxyl groups is 2. The van der Waals surface area contributed by atoms with Gasteiger partial charge in [0.15, 0.2) is 0 Å². The molecule has 6 heteroatoms. The number of aliphatic hydroxyl groups excluding tert-OH is 2. The van der Waals surface area contributed by atoms with Crippen LogP contribution < -0.4 is 11.1 Å². The number of nitrogens with two attached hydrogens (primary N) is 1. The summed E-state index contributed by atoms with van der Waals surface area (Å²) in [6.45, 7) is -0.270. The molecule has 0 aliphatic rings. The molecule has 0 fully saturated rings. The van der Waals surface area contributed by atoms with Crippen LogP contribution in [0.4, 0.5) is 0 Å². The van der Waals surface area contributed by atoms with E-state index in [1.165, 1.54) is 7.11 Å². The van der Waals surface area contributed by atoms with Gasteiger partial charge >= 0.3 is 0 Å². The number of methoxy groups -OCH3 is 1. The average Bonchev–Trinajstić information content (AvgIpc) is 2.13. The molecule has 1 amide bonds. The third-order valence-electron chi connectivity index (χ3n) is 1.41. The average molecular weight is 192 g/mol. The highest BCUT2D eigenvalue weighted by Crippen LogP contribution is 1.82. The van der Waals surface area contributed by atoms with Gasteiger partial charge in [-0.3, -0.25) is 4.79 Å². The third-order valence-corrected chi connectivity index (χ3v) is 1.41.